The van der Waals surface area contributed by atoms with Crippen LogP contribution >= 0.6 is 0 Å². The number of hydrogen-bond acceptors (Lipinski definition) is 3. The summed E-state index contributed by atoms with van der Waals surface area (Å²) in [7, 11) is 0. The van der Waals surface area contributed by atoms with Gasteiger partial charge in [-0.25, -0.2) is 15.0 Å². The molecule has 0 aliphatic rings. The molecular formula is C57H37N5. The first kappa shape index (κ1) is 35.5. The number of aromatic nitrogens is 5. The molecule has 62 heavy (non-hydrogen) atoms. The monoisotopic (exact) mass is 791 g/mol. The minimum Gasteiger partial charge on any atom is -0.309 e. The van der Waals surface area contributed by atoms with Crippen LogP contribution in [-0.2, 0) is 0 Å². The van der Waals surface area contributed by atoms with Crippen LogP contribution in [0.15, 0.2) is 224 Å². The largest absolute Gasteiger partial charge is 0.309 e. The van der Waals surface area contributed by atoms with Crippen LogP contribution in [0.1, 0.15) is 0 Å². The van der Waals surface area contributed by atoms with E-state index in [0.29, 0.717) is 17.5 Å². The molecule has 0 atom stereocenters. The van der Waals surface area contributed by atoms with E-state index in [1.165, 1.54) is 49.3 Å². The van der Waals surface area contributed by atoms with Crippen LogP contribution in [-0.4, -0.2) is 24.1 Å². The quantitative estimate of drug-likeness (QED) is 0.162. The summed E-state index contributed by atoms with van der Waals surface area (Å²) in [4.78, 5) is 14.8. The van der Waals surface area contributed by atoms with Crippen molar-refractivity contribution in [1.82, 2.24) is 24.1 Å². The fraction of sp³-hybridized carbons (Fsp3) is 0. The summed E-state index contributed by atoms with van der Waals surface area (Å²) >= 11 is 0. The summed E-state index contributed by atoms with van der Waals surface area (Å²) < 4.78 is 4.74. The molecule has 0 aliphatic heterocycles. The Morgan fingerprint density at radius 3 is 1.00 bits per heavy atom. The summed E-state index contributed by atoms with van der Waals surface area (Å²) in [5.74, 6) is 1.93. The van der Waals surface area contributed by atoms with Gasteiger partial charge in [0.1, 0.15) is 0 Å². The zero-order valence-corrected chi connectivity index (χ0v) is 33.6. The van der Waals surface area contributed by atoms with Gasteiger partial charge in [-0.15, -0.1) is 0 Å². The van der Waals surface area contributed by atoms with Crippen molar-refractivity contribution >= 4 is 43.6 Å². The molecule has 0 radical (unpaired) electrons. The standard InChI is InChI=1S/C57H37N5/c1-4-14-40(15-5-1)55-58-56(41-16-6-2-7-17-41)60-57(59-55)42-28-32-46(33-29-42)62-52-23-13-11-21-48(52)50-35-31-44(37-54(50)62)39-26-24-38(25-27-39)43-30-34-49-47-20-10-12-22-51(47)61(53(49)36-43)45-18-8-3-9-19-45/h1-37H. The van der Waals surface area contributed by atoms with Crippen LogP contribution in [0.3, 0.4) is 0 Å². The van der Waals surface area contributed by atoms with E-state index in [2.05, 4.69) is 173 Å². The second-order valence-electron chi connectivity index (χ2n) is 15.7. The first-order valence-corrected chi connectivity index (χ1v) is 20.9. The van der Waals surface area contributed by atoms with Crippen molar-refractivity contribution in [1.29, 1.82) is 0 Å². The van der Waals surface area contributed by atoms with Gasteiger partial charge in [-0.2, -0.15) is 0 Å². The van der Waals surface area contributed by atoms with Gasteiger partial charge in [0.2, 0.25) is 0 Å². The molecule has 3 aromatic heterocycles. The molecule has 3 heterocycles. The average Bonchev–Trinajstić information content (AvgIpc) is 3.87. The van der Waals surface area contributed by atoms with Crippen molar-refractivity contribution in [3.63, 3.8) is 0 Å². The summed E-state index contributed by atoms with van der Waals surface area (Å²) in [5, 5.41) is 4.94. The highest BCUT2D eigenvalue weighted by Gasteiger charge is 2.17. The van der Waals surface area contributed by atoms with Crippen LogP contribution in [0.2, 0.25) is 0 Å². The van der Waals surface area contributed by atoms with E-state index in [1.807, 2.05) is 60.7 Å². The van der Waals surface area contributed by atoms with Gasteiger partial charge in [-0.05, 0) is 82.9 Å². The number of fused-ring (bicyclic) bond motifs is 6. The summed E-state index contributed by atoms with van der Waals surface area (Å²) in [6, 6.07) is 79.4. The predicted molar refractivity (Wildman–Crippen MR) is 256 cm³/mol. The fourth-order valence-electron chi connectivity index (χ4n) is 8.99. The van der Waals surface area contributed by atoms with E-state index >= 15 is 0 Å². The van der Waals surface area contributed by atoms with E-state index in [0.717, 1.165) is 44.7 Å². The number of hydrogen-bond donors (Lipinski definition) is 0. The minimum absolute atomic E-state index is 0.635. The maximum absolute atomic E-state index is 4.97. The predicted octanol–water partition coefficient (Wildman–Crippen LogP) is 14.4. The third-order valence-corrected chi connectivity index (χ3v) is 12.0. The molecule has 12 aromatic rings. The molecule has 0 fully saturated rings. The molecular weight excluding hydrogens is 755 g/mol. The van der Waals surface area contributed by atoms with E-state index in [1.54, 1.807) is 0 Å². The Kier molecular flexibility index (Phi) is 8.42. The lowest BCUT2D eigenvalue weighted by molar-refractivity contribution is 1.07. The van der Waals surface area contributed by atoms with Crippen molar-refractivity contribution in [2.75, 3.05) is 0 Å². The molecule has 0 bridgehead atoms. The van der Waals surface area contributed by atoms with Crippen LogP contribution < -0.4 is 0 Å². The Bertz CT molecular complexity index is 3530. The van der Waals surface area contributed by atoms with E-state index in [4.69, 9.17) is 15.0 Å². The average molecular weight is 792 g/mol. The molecule has 0 unspecified atom stereocenters. The molecule has 0 aliphatic carbocycles. The molecule has 0 saturated carbocycles. The van der Waals surface area contributed by atoms with Gasteiger partial charge in [-0.1, -0.05) is 164 Å². The number of para-hydroxylation sites is 3. The van der Waals surface area contributed by atoms with Crippen molar-refractivity contribution in [2.24, 2.45) is 0 Å². The van der Waals surface area contributed by atoms with Crippen LogP contribution in [0, 0.1) is 0 Å². The Balaban J connectivity index is 0.914. The second kappa shape index (κ2) is 14.7. The third kappa shape index (κ3) is 6.06. The van der Waals surface area contributed by atoms with Gasteiger partial charge in [0, 0.05) is 49.6 Å². The van der Waals surface area contributed by atoms with Crippen molar-refractivity contribution in [3.8, 4) is 67.8 Å². The van der Waals surface area contributed by atoms with Gasteiger partial charge in [0.05, 0.1) is 22.1 Å². The molecule has 5 nitrogen and oxygen atoms in total. The summed E-state index contributed by atoms with van der Waals surface area (Å²) in [6.45, 7) is 0. The molecule has 9 aromatic carbocycles. The number of rotatable bonds is 7. The Morgan fingerprint density at radius 2 is 0.548 bits per heavy atom. The normalized spacial score (nSPS) is 11.5. The summed E-state index contributed by atoms with van der Waals surface area (Å²) in [6.07, 6.45) is 0. The lowest BCUT2D eigenvalue weighted by atomic mass is 9.98. The molecule has 12 rings (SSSR count). The first-order valence-electron chi connectivity index (χ1n) is 20.9. The van der Waals surface area contributed by atoms with Crippen LogP contribution in [0.5, 0.6) is 0 Å². The van der Waals surface area contributed by atoms with Crippen LogP contribution in [0.25, 0.3) is 111 Å². The van der Waals surface area contributed by atoms with Crippen molar-refractivity contribution in [3.05, 3.63) is 224 Å². The summed E-state index contributed by atoms with van der Waals surface area (Å²) in [5.41, 5.74) is 14.5. The van der Waals surface area contributed by atoms with E-state index < -0.39 is 0 Å². The van der Waals surface area contributed by atoms with Gasteiger partial charge in [0.25, 0.3) is 0 Å². The highest BCUT2D eigenvalue weighted by molar-refractivity contribution is 6.11. The number of nitrogens with zero attached hydrogens (tertiary/aromatic N) is 5. The Labute approximate surface area is 358 Å². The van der Waals surface area contributed by atoms with Crippen molar-refractivity contribution in [2.45, 2.75) is 0 Å². The number of benzene rings is 9. The lowest BCUT2D eigenvalue weighted by Crippen LogP contribution is -2.00. The molecule has 0 saturated heterocycles. The molecule has 0 N–H and O–H groups in total. The first-order chi connectivity index (χ1) is 30.7. The highest BCUT2D eigenvalue weighted by atomic mass is 15.0. The maximum atomic E-state index is 4.97. The van der Waals surface area contributed by atoms with E-state index in [9.17, 15) is 0 Å². The zero-order valence-electron chi connectivity index (χ0n) is 33.6. The Morgan fingerprint density at radius 1 is 0.226 bits per heavy atom. The molecule has 290 valence electrons. The smallest absolute Gasteiger partial charge is 0.164 e. The van der Waals surface area contributed by atoms with Gasteiger partial charge in [-0.3, -0.25) is 0 Å². The third-order valence-electron chi connectivity index (χ3n) is 12.0. The zero-order chi connectivity index (χ0) is 41.0. The van der Waals surface area contributed by atoms with Gasteiger partial charge in [0.15, 0.2) is 17.5 Å². The van der Waals surface area contributed by atoms with Crippen molar-refractivity contribution < 1.29 is 0 Å². The van der Waals surface area contributed by atoms with Gasteiger partial charge >= 0.3 is 0 Å². The maximum Gasteiger partial charge on any atom is 0.164 e. The molecule has 5 heteroatoms. The fourth-order valence-corrected chi connectivity index (χ4v) is 8.99. The lowest BCUT2D eigenvalue weighted by Gasteiger charge is -2.11. The SMILES string of the molecule is c1ccc(-c2nc(-c3ccccc3)nc(-c3ccc(-n4c5ccccc5c5ccc(-c6ccc(-c7ccc8c9ccccc9n(-c9ccccc9)c8c7)cc6)cc54)cc3)n2)cc1. The molecule has 0 amide bonds. The topological polar surface area (TPSA) is 48.5 Å². The Hall–Kier alpha value is -8.41. The van der Waals surface area contributed by atoms with E-state index in [-0.39, 0.29) is 0 Å². The molecule has 0 spiro atoms. The highest BCUT2D eigenvalue weighted by Crippen LogP contribution is 2.38. The van der Waals surface area contributed by atoms with Crippen LogP contribution in [0.4, 0.5) is 0 Å². The second-order valence-corrected chi connectivity index (χ2v) is 15.7. The minimum atomic E-state index is 0.635. The van der Waals surface area contributed by atoms with Gasteiger partial charge < -0.3 is 9.13 Å².